The standard InChI is InChI=1S/C10H8F3NO3/c11-10(12,13)17-8-5-6(1-3-7(8)14)2-4-9(15)16/h1-5H,14H2,(H,15,16). The topological polar surface area (TPSA) is 72.6 Å². The quantitative estimate of drug-likeness (QED) is 0.634. The fourth-order valence-corrected chi connectivity index (χ4v) is 1.04. The number of aliphatic carboxylic acids is 1. The molecular weight excluding hydrogens is 239 g/mol. The van der Waals surface area contributed by atoms with Crippen molar-refractivity contribution in [3.63, 3.8) is 0 Å². The Hall–Kier alpha value is -2.18. The largest absolute Gasteiger partial charge is 0.573 e. The van der Waals surface area contributed by atoms with E-state index in [0.29, 0.717) is 0 Å². The van der Waals surface area contributed by atoms with Gasteiger partial charge in [-0.25, -0.2) is 4.79 Å². The van der Waals surface area contributed by atoms with Crippen LogP contribution in [0.25, 0.3) is 6.08 Å². The second-order valence-corrected chi connectivity index (χ2v) is 3.02. The van der Waals surface area contributed by atoms with Crippen LogP contribution in [0.3, 0.4) is 0 Å². The van der Waals surface area contributed by atoms with Crippen molar-refractivity contribution in [2.75, 3.05) is 5.73 Å². The first kappa shape index (κ1) is 12.9. The first-order chi connectivity index (χ1) is 7.78. The van der Waals surface area contributed by atoms with E-state index < -0.39 is 18.1 Å². The summed E-state index contributed by atoms with van der Waals surface area (Å²) >= 11 is 0. The molecule has 92 valence electrons. The fraction of sp³-hybridized carbons (Fsp3) is 0.100. The van der Waals surface area contributed by atoms with Gasteiger partial charge < -0.3 is 15.6 Å². The van der Waals surface area contributed by atoms with Crippen molar-refractivity contribution in [1.82, 2.24) is 0 Å². The van der Waals surface area contributed by atoms with E-state index in [4.69, 9.17) is 10.8 Å². The van der Waals surface area contributed by atoms with E-state index in [-0.39, 0.29) is 11.3 Å². The van der Waals surface area contributed by atoms with Crippen LogP contribution >= 0.6 is 0 Å². The lowest BCUT2D eigenvalue weighted by Crippen LogP contribution is -2.18. The van der Waals surface area contributed by atoms with E-state index in [1.165, 1.54) is 12.1 Å². The average Bonchev–Trinajstić information content (AvgIpc) is 2.17. The van der Waals surface area contributed by atoms with Crippen LogP contribution in [0.15, 0.2) is 24.3 Å². The molecule has 0 aromatic heterocycles. The Kier molecular flexibility index (Phi) is 3.62. The predicted molar refractivity (Wildman–Crippen MR) is 54.2 cm³/mol. The van der Waals surface area contributed by atoms with Gasteiger partial charge in [0.25, 0.3) is 0 Å². The first-order valence-corrected chi connectivity index (χ1v) is 4.34. The zero-order chi connectivity index (χ0) is 13.1. The summed E-state index contributed by atoms with van der Waals surface area (Å²) < 4.78 is 39.6. The lowest BCUT2D eigenvalue weighted by molar-refractivity contribution is -0.274. The minimum Gasteiger partial charge on any atom is -0.478 e. The molecule has 0 bridgehead atoms. The number of carboxylic acid groups (broad SMARTS) is 1. The molecule has 0 amide bonds. The first-order valence-electron chi connectivity index (χ1n) is 4.34. The summed E-state index contributed by atoms with van der Waals surface area (Å²) in [6, 6.07) is 3.57. The van der Waals surface area contributed by atoms with E-state index in [1.54, 1.807) is 0 Å². The molecule has 7 heteroatoms. The molecule has 0 spiro atoms. The summed E-state index contributed by atoms with van der Waals surface area (Å²) in [6.45, 7) is 0. The number of hydrogen-bond donors (Lipinski definition) is 2. The minimum absolute atomic E-state index is 0.185. The Bertz CT molecular complexity index is 455. The van der Waals surface area contributed by atoms with Crippen molar-refractivity contribution in [2.24, 2.45) is 0 Å². The molecule has 1 rings (SSSR count). The van der Waals surface area contributed by atoms with Gasteiger partial charge in [0, 0.05) is 6.08 Å². The SMILES string of the molecule is Nc1ccc(C=CC(=O)O)cc1OC(F)(F)F. The third-order valence-corrected chi connectivity index (χ3v) is 1.68. The lowest BCUT2D eigenvalue weighted by Gasteiger charge is -2.11. The highest BCUT2D eigenvalue weighted by atomic mass is 19.4. The number of halogens is 3. The molecule has 0 radical (unpaired) electrons. The molecule has 0 aliphatic carbocycles. The number of benzene rings is 1. The molecule has 0 unspecified atom stereocenters. The lowest BCUT2D eigenvalue weighted by atomic mass is 10.2. The maximum absolute atomic E-state index is 12.0. The van der Waals surface area contributed by atoms with E-state index in [0.717, 1.165) is 18.2 Å². The Morgan fingerprint density at radius 3 is 2.59 bits per heavy atom. The zero-order valence-corrected chi connectivity index (χ0v) is 8.36. The van der Waals surface area contributed by atoms with Crippen molar-refractivity contribution in [3.05, 3.63) is 29.8 Å². The summed E-state index contributed by atoms with van der Waals surface area (Å²) in [4.78, 5) is 10.2. The van der Waals surface area contributed by atoms with E-state index in [9.17, 15) is 18.0 Å². The Morgan fingerprint density at radius 2 is 2.06 bits per heavy atom. The van der Waals surface area contributed by atoms with Crippen LogP contribution in [0.2, 0.25) is 0 Å². The molecule has 0 heterocycles. The Labute approximate surface area is 94.1 Å². The van der Waals surface area contributed by atoms with Crippen molar-refractivity contribution in [3.8, 4) is 5.75 Å². The van der Waals surface area contributed by atoms with Crippen molar-refractivity contribution in [2.45, 2.75) is 6.36 Å². The molecule has 0 saturated heterocycles. The number of carboxylic acids is 1. The molecule has 0 saturated carbocycles. The maximum atomic E-state index is 12.0. The van der Waals surface area contributed by atoms with Gasteiger partial charge in [0.2, 0.25) is 0 Å². The van der Waals surface area contributed by atoms with Gasteiger partial charge in [-0.1, -0.05) is 6.07 Å². The van der Waals surface area contributed by atoms with Crippen molar-refractivity contribution < 1.29 is 27.8 Å². The second kappa shape index (κ2) is 4.77. The summed E-state index contributed by atoms with van der Waals surface area (Å²) in [6.07, 6.45) is -2.92. The van der Waals surface area contributed by atoms with Gasteiger partial charge in [0.05, 0.1) is 5.69 Å². The number of alkyl halides is 3. The predicted octanol–water partition coefficient (Wildman–Crippen LogP) is 2.27. The normalized spacial score (nSPS) is 11.7. The number of nitrogens with two attached hydrogens (primary N) is 1. The molecule has 0 atom stereocenters. The minimum atomic E-state index is -4.84. The highest BCUT2D eigenvalue weighted by Crippen LogP contribution is 2.29. The Morgan fingerprint density at radius 1 is 1.41 bits per heavy atom. The molecule has 1 aromatic carbocycles. The highest BCUT2D eigenvalue weighted by Gasteiger charge is 2.31. The third-order valence-electron chi connectivity index (χ3n) is 1.68. The van der Waals surface area contributed by atoms with Crippen LogP contribution in [-0.2, 0) is 4.79 Å². The zero-order valence-electron chi connectivity index (χ0n) is 8.36. The number of hydrogen-bond acceptors (Lipinski definition) is 3. The molecule has 0 aliphatic rings. The van der Waals surface area contributed by atoms with Gasteiger partial charge in [-0.3, -0.25) is 0 Å². The molecule has 17 heavy (non-hydrogen) atoms. The fourth-order valence-electron chi connectivity index (χ4n) is 1.04. The van der Waals surface area contributed by atoms with Crippen LogP contribution in [-0.4, -0.2) is 17.4 Å². The smallest absolute Gasteiger partial charge is 0.478 e. The maximum Gasteiger partial charge on any atom is 0.573 e. The van der Waals surface area contributed by atoms with Gasteiger partial charge >= 0.3 is 12.3 Å². The third kappa shape index (κ3) is 4.45. The summed E-state index contributed by atoms with van der Waals surface area (Å²) in [5.41, 5.74) is 5.34. The van der Waals surface area contributed by atoms with E-state index in [2.05, 4.69) is 4.74 Å². The van der Waals surface area contributed by atoms with Crippen LogP contribution in [0, 0.1) is 0 Å². The number of rotatable bonds is 3. The summed E-state index contributed by atoms with van der Waals surface area (Å²) in [5, 5.41) is 8.36. The van der Waals surface area contributed by atoms with Crippen LogP contribution in [0.4, 0.5) is 18.9 Å². The van der Waals surface area contributed by atoms with Gasteiger partial charge in [-0.2, -0.15) is 0 Å². The van der Waals surface area contributed by atoms with Crippen LogP contribution in [0.5, 0.6) is 5.75 Å². The number of anilines is 1. The van der Waals surface area contributed by atoms with Gasteiger partial charge in [-0.15, -0.1) is 13.2 Å². The average molecular weight is 247 g/mol. The summed E-state index contributed by atoms with van der Waals surface area (Å²) in [7, 11) is 0. The number of nitrogen functional groups attached to an aromatic ring is 1. The molecule has 1 aromatic rings. The number of carbonyl (C=O) groups is 1. The van der Waals surface area contributed by atoms with Crippen LogP contribution < -0.4 is 10.5 Å². The van der Waals surface area contributed by atoms with Crippen molar-refractivity contribution in [1.29, 1.82) is 0 Å². The molecule has 0 fully saturated rings. The highest BCUT2D eigenvalue weighted by molar-refractivity contribution is 5.85. The second-order valence-electron chi connectivity index (χ2n) is 3.02. The molecule has 4 nitrogen and oxygen atoms in total. The van der Waals surface area contributed by atoms with Gasteiger partial charge in [-0.05, 0) is 23.8 Å². The van der Waals surface area contributed by atoms with Crippen molar-refractivity contribution >= 4 is 17.7 Å². The molecule has 0 aliphatic heterocycles. The monoisotopic (exact) mass is 247 g/mol. The van der Waals surface area contributed by atoms with Gasteiger partial charge in [0.1, 0.15) is 0 Å². The van der Waals surface area contributed by atoms with Crippen LogP contribution in [0.1, 0.15) is 5.56 Å². The van der Waals surface area contributed by atoms with Gasteiger partial charge in [0.15, 0.2) is 5.75 Å². The molecular formula is C10H8F3NO3. The van der Waals surface area contributed by atoms with E-state index in [1.807, 2.05) is 0 Å². The summed E-state index contributed by atoms with van der Waals surface area (Å²) in [5.74, 6) is -1.77. The number of ether oxygens (including phenoxy) is 1. The Balaban J connectivity index is 2.98. The van der Waals surface area contributed by atoms with E-state index >= 15 is 0 Å². The molecule has 3 N–H and O–H groups in total.